The van der Waals surface area contributed by atoms with Crippen LogP contribution in [-0.4, -0.2) is 46.8 Å². The van der Waals surface area contributed by atoms with Crippen LogP contribution in [0.2, 0.25) is 0 Å². The number of ether oxygens (including phenoxy) is 2. The molecule has 0 spiro atoms. The quantitative estimate of drug-likeness (QED) is 0.453. The van der Waals surface area contributed by atoms with Crippen molar-refractivity contribution in [3.05, 3.63) is 95.7 Å². The fourth-order valence-corrected chi connectivity index (χ4v) is 4.59. The SMILES string of the molecule is COc1ccc(OC)c(-c2nn(-c3ccccc3)cc2C(=O)N2Cc3ccccc3CC2C(N)=O)c1. The van der Waals surface area contributed by atoms with E-state index in [1.165, 1.54) is 4.90 Å². The lowest BCUT2D eigenvalue weighted by atomic mass is 9.92. The highest BCUT2D eigenvalue weighted by molar-refractivity contribution is 6.02. The minimum absolute atomic E-state index is 0.272. The van der Waals surface area contributed by atoms with E-state index in [2.05, 4.69) is 0 Å². The number of fused-ring (bicyclic) bond motifs is 1. The Morgan fingerprint density at radius 1 is 0.944 bits per heavy atom. The van der Waals surface area contributed by atoms with Crippen molar-refractivity contribution in [3.63, 3.8) is 0 Å². The summed E-state index contributed by atoms with van der Waals surface area (Å²) in [5.74, 6) is 0.253. The minimum Gasteiger partial charge on any atom is -0.497 e. The van der Waals surface area contributed by atoms with Crippen molar-refractivity contribution in [2.24, 2.45) is 5.73 Å². The van der Waals surface area contributed by atoms with Crippen molar-refractivity contribution in [3.8, 4) is 28.4 Å². The molecule has 1 aliphatic rings. The number of nitrogens with zero attached hydrogens (tertiary/aromatic N) is 3. The fourth-order valence-electron chi connectivity index (χ4n) is 4.59. The smallest absolute Gasteiger partial charge is 0.258 e. The van der Waals surface area contributed by atoms with E-state index in [-0.39, 0.29) is 12.5 Å². The first kappa shape index (κ1) is 23.2. The minimum atomic E-state index is -0.771. The average molecular weight is 483 g/mol. The summed E-state index contributed by atoms with van der Waals surface area (Å²) in [4.78, 5) is 28.1. The molecule has 1 aromatic heterocycles. The van der Waals surface area contributed by atoms with Gasteiger partial charge in [-0.1, -0.05) is 42.5 Å². The largest absolute Gasteiger partial charge is 0.497 e. The first-order valence-electron chi connectivity index (χ1n) is 11.5. The number of amides is 2. The topological polar surface area (TPSA) is 99.7 Å². The van der Waals surface area contributed by atoms with Crippen LogP contribution in [0.25, 0.3) is 16.9 Å². The summed E-state index contributed by atoms with van der Waals surface area (Å²) in [6.45, 7) is 0.272. The molecule has 0 saturated carbocycles. The maximum atomic E-state index is 14.1. The van der Waals surface area contributed by atoms with Crippen LogP contribution in [0.4, 0.5) is 0 Å². The highest BCUT2D eigenvalue weighted by Gasteiger charge is 2.36. The Morgan fingerprint density at radius 2 is 1.67 bits per heavy atom. The Balaban J connectivity index is 1.66. The number of methoxy groups -OCH3 is 2. The van der Waals surface area contributed by atoms with Gasteiger partial charge < -0.3 is 20.1 Å². The molecule has 182 valence electrons. The number of carbonyl (C=O) groups excluding carboxylic acids is 2. The van der Waals surface area contributed by atoms with E-state index in [4.69, 9.17) is 20.3 Å². The second-order valence-electron chi connectivity index (χ2n) is 8.56. The molecule has 2 amide bonds. The lowest BCUT2D eigenvalue weighted by molar-refractivity contribution is -0.122. The van der Waals surface area contributed by atoms with Gasteiger partial charge in [-0.25, -0.2) is 4.68 Å². The van der Waals surface area contributed by atoms with E-state index < -0.39 is 11.9 Å². The summed E-state index contributed by atoms with van der Waals surface area (Å²) in [6, 6.07) is 21.8. The van der Waals surface area contributed by atoms with Gasteiger partial charge >= 0.3 is 0 Å². The number of hydrogen-bond acceptors (Lipinski definition) is 5. The van der Waals surface area contributed by atoms with Crippen molar-refractivity contribution >= 4 is 11.8 Å². The van der Waals surface area contributed by atoms with Crippen LogP contribution in [0, 0.1) is 0 Å². The van der Waals surface area contributed by atoms with E-state index >= 15 is 0 Å². The second kappa shape index (κ2) is 9.58. The molecule has 1 atom stereocenters. The molecule has 8 nitrogen and oxygen atoms in total. The summed E-state index contributed by atoms with van der Waals surface area (Å²) >= 11 is 0. The maximum absolute atomic E-state index is 14.1. The van der Waals surface area contributed by atoms with Crippen LogP contribution >= 0.6 is 0 Å². The van der Waals surface area contributed by atoms with E-state index in [9.17, 15) is 9.59 Å². The first-order valence-corrected chi connectivity index (χ1v) is 11.5. The van der Waals surface area contributed by atoms with Crippen LogP contribution in [-0.2, 0) is 17.8 Å². The average Bonchev–Trinajstić information content (AvgIpc) is 3.37. The van der Waals surface area contributed by atoms with Gasteiger partial charge in [-0.15, -0.1) is 0 Å². The van der Waals surface area contributed by atoms with Gasteiger partial charge in [0.15, 0.2) is 0 Å². The molecule has 0 aliphatic carbocycles. The third kappa shape index (κ3) is 4.17. The fraction of sp³-hybridized carbons (Fsp3) is 0.179. The van der Waals surface area contributed by atoms with Crippen LogP contribution in [0.15, 0.2) is 79.0 Å². The molecule has 0 bridgehead atoms. The predicted octanol–water partition coefficient (Wildman–Crippen LogP) is 3.61. The predicted molar refractivity (Wildman–Crippen MR) is 135 cm³/mol. The van der Waals surface area contributed by atoms with E-state index in [0.717, 1.165) is 16.8 Å². The number of hydrogen-bond donors (Lipinski definition) is 1. The van der Waals surface area contributed by atoms with Crippen molar-refractivity contribution in [1.82, 2.24) is 14.7 Å². The molecule has 2 heterocycles. The molecule has 5 rings (SSSR count). The van der Waals surface area contributed by atoms with E-state index in [1.54, 1.807) is 43.3 Å². The molecule has 8 heteroatoms. The summed E-state index contributed by atoms with van der Waals surface area (Å²) in [7, 11) is 3.13. The molecule has 0 saturated heterocycles. The number of aromatic nitrogens is 2. The second-order valence-corrected chi connectivity index (χ2v) is 8.56. The highest BCUT2D eigenvalue weighted by Crippen LogP contribution is 2.36. The number of benzene rings is 3. The van der Waals surface area contributed by atoms with Gasteiger partial charge in [0.05, 0.1) is 25.5 Å². The zero-order chi connectivity index (χ0) is 25.2. The third-order valence-corrected chi connectivity index (χ3v) is 6.46. The van der Waals surface area contributed by atoms with Gasteiger partial charge in [0.25, 0.3) is 5.91 Å². The molecule has 2 N–H and O–H groups in total. The lowest BCUT2D eigenvalue weighted by Gasteiger charge is -2.35. The normalized spacial score (nSPS) is 14.7. The van der Waals surface area contributed by atoms with Gasteiger partial charge in [-0.05, 0) is 41.5 Å². The number of nitrogens with two attached hydrogens (primary N) is 1. The third-order valence-electron chi connectivity index (χ3n) is 6.46. The van der Waals surface area contributed by atoms with E-state index in [0.29, 0.717) is 34.7 Å². The number of para-hydroxylation sites is 1. The van der Waals surface area contributed by atoms with Gasteiger partial charge in [0.2, 0.25) is 5.91 Å². The van der Waals surface area contributed by atoms with Crippen LogP contribution in [0.3, 0.4) is 0 Å². The molecule has 1 aliphatic heterocycles. The maximum Gasteiger partial charge on any atom is 0.258 e. The van der Waals surface area contributed by atoms with Crippen LogP contribution in [0.1, 0.15) is 21.5 Å². The Bertz CT molecular complexity index is 1430. The van der Waals surface area contributed by atoms with Crippen molar-refractivity contribution in [2.75, 3.05) is 14.2 Å². The molecule has 3 aromatic carbocycles. The Morgan fingerprint density at radius 3 is 2.36 bits per heavy atom. The lowest BCUT2D eigenvalue weighted by Crippen LogP contribution is -2.51. The summed E-state index contributed by atoms with van der Waals surface area (Å²) < 4.78 is 12.7. The standard InChI is InChI=1S/C28H26N4O4/c1-35-21-12-13-25(36-2)22(15-21)26-23(17-32(30-26)20-10-4-3-5-11-20)28(34)31-16-19-9-7-6-8-18(19)14-24(31)27(29)33/h3-13,15,17,24H,14,16H2,1-2H3,(H2,29,33). The summed E-state index contributed by atoms with van der Waals surface area (Å²) in [5.41, 5.74) is 9.90. The van der Waals surface area contributed by atoms with Crippen LogP contribution in [0.5, 0.6) is 11.5 Å². The van der Waals surface area contributed by atoms with Gasteiger partial charge in [-0.3, -0.25) is 9.59 Å². The molecule has 0 radical (unpaired) electrons. The summed E-state index contributed by atoms with van der Waals surface area (Å²) in [6.07, 6.45) is 2.05. The highest BCUT2D eigenvalue weighted by atomic mass is 16.5. The number of carbonyl (C=O) groups is 2. The van der Waals surface area contributed by atoms with Crippen molar-refractivity contribution in [1.29, 1.82) is 0 Å². The Kier molecular flexibility index (Phi) is 6.16. The van der Waals surface area contributed by atoms with Gasteiger partial charge in [0.1, 0.15) is 23.2 Å². The Hall–Kier alpha value is -4.59. The zero-order valence-electron chi connectivity index (χ0n) is 20.0. The van der Waals surface area contributed by atoms with Gasteiger partial charge in [0, 0.05) is 24.7 Å². The number of rotatable bonds is 6. The molecule has 0 fully saturated rings. The summed E-state index contributed by atoms with van der Waals surface area (Å²) in [5, 5.41) is 4.78. The van der Waals surface area contributed by atoms with Crippen molar-refractivity contribution in [2.45, 2.75) is 19.0 Å². The zero-order valence-corrected chi connectivity index (χ0v) is 20.0. The Labute approximate surface area is 208 Å². The van der Waals surface area contributed by atoms with Gasteiger partial charge in [-0.2, -0.15) is 5.10 Å². The molecule has 1 unspecified atom stereocenters. The molecular weight excluding hydrogens is 456 g/mol. The van der Waals surface area contributed by atoms with E-state index in [1.807, 2.05) is 54.6 Å². The molecule has 36 heavy (non-hydrogen) atoms. The molecular formula is C28H26N4O4. The van der Waals surface area contributed by atoms with Crippen LogP contribution < -0.4 is 15.2 Å². The molecule has 4 aromatic rings. The monoisotopic (exact) mass is 482 g/mol. The van der Waals surface area contributed by atoms with Crippen molar-refractivity contribution < 1.29 is 19.1 Å². The number of primary amides is 1. The first-order chi connectivity index (χ1) is 17.5.